The molecule has 2 fully saturated rings. The molecule has 2 atom stereocenters. The van der Waals surface area contributed by atoms with Crippen molar-refractivity contribution < 1.29 is 4.79 Å². The Kier molecular flexibility index (Phi) is 3.01. The molecule has 2 aliphatic rings. The number of carbonyl (C=O) groups is 1. The molecule has 86 valence electrons. The van der Waals surface area contributed by atoms with Crippen LogP contribution in [0.25, 0.3) is 0 Å². The minimum absolute atomic E-state index is 0.0416. The Morgan fingerprint density at radius 2 is 2.20 bits per heavy atom. The van der Waals surface area contributed by atoms with Gasteiger partial charge in [0.25, 0.3) is 0 Å². The molecule has 2 N–H and O–H groups in total. The van der Waals surface area contributed by atoms with Crippen LogP contribution in [0.1, 0.15) is 46.0 Å². The fourth-order valence-corrected chi connectivity index (χ4v) is 2.23. The van der Waals surface area contributed by atoms with Gasteiger partial charge in [-0.25, -0.2) is 0 Å². The summed E-state index contributed by atoms with van der Waals surface area (Å²) in [6.07, 6.45) is 5.87. The molecule has 1 saturated carbocycles. The zero-order chi connectivity index (χ0) is 10.9. The van der Waals surface area contributed by atoms with E-state index in [1.165, 1.54) is 12.8 Å². The lowest BCUT2D eigenvalue weighted by atomic mass is 9.99. The molecule has 15 heavy (non-hydrogen) atoms. The second-order valence-corrected chi connectivity index (χ2v) is 5.38. The van der Waals surface area contributed by atoms with Gasteiger partial charge >= 0.3 is 0 Å². The lowest BCUT2D eigenvalue weighted by molar-refractivity contribution is -0.123. The van der Waals surface area contributed by atoms with Crippen molar-refractivity contribution in [3.8, 4) is 0 Å². The average molecular weight is 210 g/mol. The quantitative estimate of drug-likeness (QED) is 0.740. The van der Waals surface area contributed by atoms with E-state index in [2.05, 4.69) is 24.5 Å². The van der Waals surface area contributed by atoms with Crippen molar-refractivity contribution in [2.24, 2.45) is 5.41 Å². The van der Waals surface area contributed by atoms with Gasteiger partial charge in [-0.1, -0.05) is 6.92 Å². The van der Waals surface area contributed by atoms with E-state index in [1.807, 2.05) is 0 Å². The Bertz CT molecular complexity index is 248. The smallest absolute Gasteiger partial charge is 0.237 e. The lowest BCUT2D eigenvalue weighted by Crippen LogP contribution is -2.48. The summed E-state index contributed by atoms with van der Waals surface area (Å²) in [4.78, 5) is 11.7. The monoisotopic (exact) mass is 210 g/mol. The normalized spacial score (nSPS) is 31.6. The maximum absolute atomic E-state index is 11.7. The van der Waals surface area contributed by atoms with Gasteiger partial charge in [-0.3, -0.25) is 4.79 Å². The SMILES string of the molecule is CC(NC1CCCCNC1=O)C1(C)CC1. The molecule has 2 unspecified atom stereocenters. The Hall–Kier alpha value is -0.570. The zero-order valence-corrected chi connectivity index (χ0v) is 9.81. The first-order valence-electron chi connectivity index (χ1n) is 6.16. The van der Waals surface area contributed by atoms with Crippen molar-refractivity contribution in [3.05, 3.63) is 0 Å². The van der Waals surface area contributed by atoms with Crippen molar-refractivity contribution >= 4 is 5.91 Å². The second kappa shape index (κ2) is 4.12. The molecular weight excluding hydrogens is 188 g/mol. The van der Waals surface area contributed by atoms with Crippen LogP contribution in [0, 0.1) is 5.41 Å². The highest BCUT2D eigenvalue weighted by Crippen LogP contribution is 2.48. The summed E-state index contributed by atoms with van der Waals surface area (Å²) < 4.78 is 0. The van der Waals surface area contributed by atoms with Crippen molar-refractivity contribution in [2.45, 2.75) is 58.0 Å². The highest BCUT2D eigenvalue weighted by molar-refractivity contribution is 5.81. The van der Waals surface area contributed by atoms with Crippen molar-refractivity contribution in [2.75, 3.05) is 6.54 Å². The van der Waals surface area contributed by atoms with E-state index in [-0.39, 0.29) is 11.9 Å². The van der Waals surface area contributed by atoms with E-state index in [4.69, 9.17) is 0 Å². The van der Waals surface area contributed by atoms with Gasteiger partial charge in [0, 0.05) is 12.6 Å². The third-order valence-corrected chi connectivity index (χ3v) is 4.07. The van der Waals surface area contributed by atoms with Crippen molar-refractivity contribution in [1.29, 1.82) is 0 Å². The molecule has 0 radical (unpaired) electrons. The van der Waals surface area contributed by atoms with Crippen LogP contribution >= 0.6 is 0 Å². The molecule has 0 bridgehead atoms. The van der Waals surface area contributed by atoms with Crippen molar-refractivity contribution in [1.82, 2.24) is 10.6 Å². The molecule has 1 heterocycles. The number of nitrogens with one attached hydrogen (secondary N) is 2. The molecule has 0 spiro atoms. The summed E-state index contributed by atoms with van der Waals surface area (Å²) in [5, 5.41) is 6.47. The Morgan fingerprint density at radius 3 is 2.87 bits per heavy atom. The van der Waals surface area contributed by atoms with E-state index >= 15 is 0 Å². The van der Waals surface area contributed by atoms with E-state index in [9.17, 15) is 4.79 Å². The minimum Gasteiger partial charge on any atom is -0.355 e. The maximum Gasteiger partial charge on any atom is 0.237 e. The van der Waals surface area contributed by atoms with Crippen molar-refractivity contribution in [3.63, 3.8) is 0 Å². The van der Waals surface area contributed by atoms with Gasteiger partial charge in [-0.05, 0) is 44.4 Å². The Labute approximate surface area is 92.0 Å². The van der Waals surface area contributed by atoms with Crippen LogP contribution in [-0.2, 0) is 4.79 Å². The molecule has 1 aliphatic carbocycles. The zero-order valence-electron chi connectivity index (χ0n) is 9.81. The first-order chi connectivity index (χ1) is 7.12. The summed E-state index contributed by atoms with van der Waals surface area (Å²) in [6, 6.07) is 0.506. The molecular formula is C12H22N2O. The molecule has 2 rings (SSSR count). The summed E-state index contributed by atoms with van der Waals surface area (Å²) in [5.41, 5.74) is 0.451. The van der Waals surface area contributed by atoms with Gasteiger partial charge in [0.05, 0.1) is 6.04 Å². The number of hydrogen-bond donors (Lipinski definition) is 2. The summed E-state index contributed by atoms with van der Waals surface area (Å²) >= 11 is 0. The highest BCUT2D eigenvalue weighted by Gasteiger charge is 2.43. The number of hydrogen-bond acceptors (Lipinski definition) is 2. The molecule has 3 heteroatoms. The van der Waals surface area contributed by atoms with Crippen LogP contribution in [0.3, 0.4) is 0 Å². The van der Waals surface area contributed by atoms with Crippen LogP contribution in [0.2, 0.25) is 0 Å². The molecule has 0 aromatic carbocycles. The lowest BCUT2D eigenvalue weighted by Gasteiger charge is -2.25. The van der Waals surface area contributed by atoms with Crippen LogP contribution in [0.15, 0.2) is 0 Å². The molecule has 1 amide bonds. The van der Waals surface area contributed by atoms with Crippen LogP contribution in [-0.4, -0.2) is 24.5 Å². The largest absolute Gasteiger partial charge is 0.355 e. The van der Waals surface area contributed by atoms with Crippen LogP contribution in [0.4, 0.5) is 0 Å². The first kappa shape index (κ1) is 10.9. The standard InChI is InChI=1S/C12H22N2O/c1-9(12(2)6-7-12)14-10-5-3-4-8-13-11(10)15/h9-10,14H,3-8H2,1-2H3,(H,13,15). The molecule has 1 aliphatic heterocycles. The molecule has 3 nitrogen and oxygen atoms in total. The Balaban J connectivity index is 1.88. The van der Waals surface area contributed by atoms with E-state index in [1.54, 1.807) is 0 Å². The van der Waals surface area contributed by atoms with Gasteiger partial charge in [-0.15, -0.1) is 0 Å². The van der Waals surface area contributed by atoms with Crippen LogP contribution in [0.5, 0.6) is 0 Å². The van der Waals surface area contributed by atoms with Gasteiger partial charge in [0.15, 0.2) is 0 Å². The van der Waals surface area contributed by atoms with E-state index < -0.39 is 0 Å². The second-order valence-electron chi connectivity index (χ2n) is 5.38. The predicted molar refractivity (Wildman–Crippen MR) is 60.6 cm³/mol. The van der Waals surface area contributed by atoms with Gasteiger partial charge in [-0.2, -0.15) is 0 Å². The van der Waals surface area contributed by atoms with Crippen LogP contribution < -0.4 is 10.6 Å². The number of rotatable bonds is 3. The van der Waals surface area contributed by atoms with Gasteiger partial charge in [0.1, 0.15) is 0 Å². The number of carbonyl (C=O) groups excluding carboxylic acids is 1. The predicted octanol–water partition coefficient (Wildman–Crippen LogP) is 1.43. The van der Waals surface area contributed by atoms with E-state index in [0.717, 1.165) is 25.8 Å². The maximum atomic E-state index is 11.7. The van der Waals surface area contributed by atoms with E-state index in [0.29, 0.717) is 11.5 Å². The summed E-state index contributed by atoms with van der Waals surface area (Å²) in [7, 11) is 0. The minimum atomic E-state index is 0.0416. The highest BCUT2D eigenvalue weighted by atomic mass is 16.2. The number of amides is 1. The topological polar surface area (TPSA) is 41.1 Å². The first-order valence-corrected chi connectivity index (χ1v) is 6.16. The van der Waals surface area contributed by atoms with Gasteiger partial charge in [0.2, 0.25) is 5.91 Å². The fraction of sp³-hybridized carbons (Fsp3) is 0.917. The third-order valence-electron chi connectivity index (χ3n) is 4.07. The molecule has 0 aromatic heterocycles. The van der Waals surface area contributed by atoms with Gasteiger partial charge < -0.3 is 10.6 Å². The summed E-state index contributed by atoms with van der Waals surface area (Å²) in [5.74, 6) is 0.198. The average Bonchev–Trinajstić information content (AvgIpc) is 2.96. The molecule has 1 saturated heterocycles. The summed E-state index contributed by atoms with van der Waals surface area (Å²) in [6.45, 7) is 5.37. The third kappa shape index (κ3) is 2.51. The fourth-order valence-electron chi connectivity index (χ4n) is 2.23. The Morgan fingerprint density at radius 1 is 1.47 bits per heavy atom. The molecule has 0 aromatic rings.